The first kappa shape index (κ1) is 15.6. The van der Waals surface area contributed by atoms with E-state index in [1.54, 1.807) is 6.20 Å². The van der Waals surface area contributed by atoms with Gasteiger partial charge in [0, 0.05) is 18.4 Å². The fraction of sp³-hybridized carbons (Fsp3) is 0.353. The summed E-state index contributed by atoms with van der Waals surface area (Å²) in [5.74, 6) is -0.779. The number of aromatic nitrogens is 1. The molecule has 1 N–H and O–H groups in total. The Morgan fingerprint density at radius 1 is 1.14 bits per heavy atom. The van der Waals surface area contributed by atoms with Crippen LogP contribution in [0.2, 0.25) is 0 Å². The highest BCUT2D eigenvalue weighted by molar-refractivity contribution is 5.30. The number of pyridine rings is 1. The standard InChI is InChI=1S/C17H20F2N2/c1-3-12-11-20-8-7-15(12)17(21-4-2)10-13-9-14(18)5-6-16(13)19/h5-9,11,17,21H,3-4,10H2,1-2H3. The molecule has 0 aliphatic heterocycles. The summed E-state index contributed by atoms with van der Waals surface area (Å²) in [7, 11) is 0. The smallest absolute Gasteiger partial charge is 0.126 e. The number of hydrogen-bond donors (Lipinski definition) is 1. The molecule has 1 unspecified atom stereocenters. The maximum absolute atomic E-state index is 13.9. The van der Waals surface area contributed by atoms with Gasteiger partial charge in [-0.2, -0.15) is 0 Å². The van der Waals surface area contributed by atoms with Gasteiger partial charge in [-0.25, -0.2) is 8.78 Å². The van der Waals surface area contributed by atoms with E-state index >= 15 is 0 Å². The molecule has 2 rings (SSSR count). The Labute approximate surface area is 124 Å². The van der Waals surface area contributed by atoms with Crippen molar-refractivity contribution < 1.29 is 8.78 Å². The number of nitrogens with one attached hydrogen (secondary N) is 1. The lowest BCUT2D eigenvalue weighted by molar-refractivity contribution is 0.519. The maximum atomic E-state index is 13.9. The number of rotatable bonds is 6. The van der Waals surface area contributed by atoms with E-state index < -0.39 is 5.82 Å². The summed E-state index contributed by atoms with van der Waals surface area (Å²) in [6.45, 7) is 4.82. The van der Waals surface area contributed by atoms with Crippen LogP contribution in [0.3, 0.4) is 0 Å². The Balaban J connectivity index is 2.33. The third kappa shape index (κ3) is 3.85. The van der Waals surface area contributed by atoms with E-state index in [-0.39, 0.29) is 11.9 Å². The zero-order chi connectivity index (χ0) is 15.2. The Morgan fingerprint density at radius 2 is 1.95 bits per heavy atom. The molecule has 1 heterocycles. The topological polar surface area (TPSA) is 24.9 Å². The van der Waals surface area contributed by atoms with Crippen molar-refractivity contribution >= 4 is 0 Å². The summed E-state index contributed by atoms with van der Waals surface area (Å²) in [6.07, 6.45) is 4.84. The summed E-state index contributed by atoms with van der Waals surface area (Å²) in [5.41, 5.74) is 2.61. The molecule has 0 radical (unpaired) electrons. The number of likely N-dealkylation sites (N-methyl/N-ethyl adjacent to an activating group) is 1. The average molecular weight is 290 g/mol. The van der Waals surface area contributed by atoms with Gasteiger partial charge >= 0.3 is 0 Å². The fourth-order valence-corrected chi connectivity index (χ4v) is 2.53. The highest BCUT2D eigenvalue weighted by Gasteiger charge is 2.17. The molecular formula is C17H20F2N2. The molecule has 0 aliphatic rings. The summed E-state index contributed by atoms with van der Waals surface area (Å²) in [4.78, 5) is 4.14. The van der Waals surface area contributed by atoms with Gasteiger partial charge in [0.05, 0.1) is 0 Å². The van der Waals surface area contributed by atoms with E-state index in [1.165, 1.54) is 12.1 Å². The van der Waals surface area contributed by atoms with Gasteiger partial charge in [-0.3, -0.25) is 4.98 Å². The Morgan fingerprint density at radius 3 is 2.67 bits per heavy atom. The van der Waals surface area contributed by atoms with Crippen molar-refractivity contribution in [2.45, 2.75) is 32.7 Å². The third-order valence-electron chi connectivity index (χ3n) is 3.58. The molecule has 0 spiro atoms. The van der Waals surface area contributed by atoms with Gasteiger partial charge < -0.3 is 5.32 Å². The van der Waals surface area contributed by atoms with Crippen LogP contribution in [0.5, 0.6) is 0 Å². The fourth-order valence-electron chi connectivity index (χ4n) is 2.53. The van der Waals surface area contributed by atoms with Crippen LogP contribution in [-0.4, -0.2) is 11.5 Å². The van der Waals surface area contributed by atoms with Crippen molar-refractivity contribution in [2.75, 3.05) is 6.54 Å². The highest BCUT2D eigenvalue weighted by atomic mass is 19.1. The van der Waals surface area contributed by atoms with Gasteiger partial charge in [0.15, 0.2) is 0 Å². The minimum absolute atomic E-state index is 0.0516. The van der Waals surface area contributed by atoms with Crippen LogP contribution < -0.4 is 5.32 Å². The number of hydrogen-bond acceptors (Lipinski definition) is 2. The van der Waals surface area contributed by atoms with E-state index in [0.717, 1.165) is 30.2 Å². The number of nitrogens with zero attached hydrogens (tertiary/aromatic N) is 1. The molecule has 112 valence electrons. The van der Waals surface area contributed by atoms with Crippen molar-refractivity contribution in [1.82, 2.24) is 10.3 Å². The summed E-state index contributed by atoms with van der Waals surface area (Å²) >= 11 is 0. The second kappa shape index (κ2) is 7.27. The van der Waals surface area contributed by atoms with E-state index in [9.17, 15) is 8.78 Å². The predicted molar refractivity (Wildman–Crippen MR) is 80.1 cm³/mol. The highest BCUT2D eigenvalue weighted by Crippen LogP contribution is 2.23. The molecule has 0 saturated heterocycles. The quantitative estimate of drug-likeness (QED) is 0.875. The molecule has 0 saturated carbocycles. The third-order valence-corrected chi connectivity index (χ3v) is 3.58. The van der Waals surface area contributed by atoms with Gasteiger partial charge in [-0.15, -0.1) is 0 Å². The van der Waals surface area contributed by atoms with Gasteiger partial charge in [0.25, 0.3) is 0 Å². The molecule has 0 fully saturated rings. The van der Waals surface area contributed by atoms with Crippen molar-refractivity contribution in [3.8, 4) is 0 Å². The molecule has 1 aromatic heterocycles. The second-order valence-corrected chi connectivity index (χ2v) is 4.98. The van der Waals surface area contributed by atoms with Crippen LogP contribution in [0.1, 0.15) is 36.6 Å². The molecule has 2 aromatic rings. The first-order valence-corrected chi connectivity index (χ1v) is 7.25. The van der Waals surface area contributed by atoms with Crippen LogP contribution in [-0.2, 0) is 12.8 Å². The van der Waals surface area contributed by atoms with Crippen molar-refractivity contribution in [1.29, 1.82) is 0 Å². The van der Waals surface area contributed by atoms with Crippen molar-refractivity contribution in [2.24, 2.45) is 0 Å². The number of benzene rings is 1. The van der Waals surface area contributed by atoms with Crippen LogP contribution in [0.15, 0.2) is 36.7 Å². The lowest BCUT2D eigenvalue weighted by Gasteiger charge is -2.21. The van der Waals surface area contributed by atoms with E-state index in [2.05, 4.69) is 17.2 Å². The minimum atomic E-state index is -0.410. The van der Waals surface area contributed by atoms with E-state index in [1.807, 2.05) is 19.2 Å². The summed E-state index contributed by atoms with van der Waals surface area (Å²) < 4.78 is 27.2. The van der Waals surface area contributed by atoms with Gasteiger partial charge in [0.2, 0.25) is 0 Å². The van der Waals surface area contributed by atoms with Crippen LogP contribution >= 0.6 is 0 Å². The molecule has 0 amide bonds. The van der Waals surface area contributed by atoms with Gasteiger partial charge in [-0.1, -0.05) is 13.8 Å². The molecule has 1 aromatic carbocycles. The molecule has 1 atom stereocenters. The predicted octanol–water partition coefficient (Wildman–Crippen LogP) is 3.82. The van der Waals surface area contributed by atoms with E-state index in [0.29, 0.717) is 12.0 Å². The largest absolute Gasteiger partial charge is 0.310 e. The zero-order valence-electron chi connectivity index (χ0n) is 12.4. The van der Waals surface area contributed by atoms with Gasteiger partial charge in [0.1, 0.15) is 11.6 Å². The lowest BCUT2D eigenvalue weighted by atomic mass is 9.95. The Hall–Kier alpha value is -1.81. The number of halogens is 2. The second-order valence-electron chi connectivity index (χ2n) is 4.98. The molecule has 21 heavy (non-hydrogen) atoms. The Kier molecular flexibility index (Phi) is 5.39. The first-order chi connectivity index (χ1) is 10.2. The monoisotopic (exact) mass is 290 g/mol. The molecule has 2 nitrogen and oxygen atoms in total. The SMILES string of the molecule is CCNC(Cc1cc(F)ccc1F)c1ccncc1CC. The molecular weight excluding hydrogens is 270 g/mol. The molecule has 0 aliphatic carbocycles. The van der Waals surface area contributed by atoms with Crippen LogP contribution in [0.25, 0.3) is 0 Å². The normalized spacial score (nSPS) is 12.4. The minimum Gasteiger partial charge on any atom is -0.310 e. The van der Waals surface area contributed by atoms with Crippen LogP contribution in [0, 0.1) is 11.6 Å². The van der Waals surface area contributed by atoms with Gasteiger partial charge in [-0.05, 0) is 60.3 Å². The maximum Gasteiger partial charge on any atom is 0.126 e. The van der Waals surface area contributed by atoms with E-state index in [4.69, 9.17) is 0 Å². The zero-order valence-corrected chi connectivity index (χ0v) is 12.4. The van der Waals surface area contributed by atoms with Crippen molar-refractivity contribution in [3.63, 3.8) is 0 Å². The Bertz CT molecular complexity index is 599. The molecule has 4 heteroatoms. The van der Waals surface area contributed by atoms with Crippen molar-refractivity contribution in [3.05, 3.63) is 65.0 Å². The average Bonchev–Trinajstić information content (AvgIpc) is 2.50. The lowest BCUT2D eigenvalue weighted by Crippen LogP contribution is -2.24. The molecule has 0 bridgehead atoms. The summed E-state index contributed by atoms with van der Waals surface area (Å²) in [5, 5.41) is 3.35. The number of aryl methyl sites for hydroxylation is 1. The van der Waals surface area contributed by atoms with Crippen LogP contribution in [0.4, 0.5) is 8.78 Å². The summed E-state index contributed by atoms with van der Waals surface area (Å²) in [6, 6.07) is 5.49. The first-order valence-electron chi connectivity index (χ1n) is 7.25.